The van der Waals surface area contributed by atoms with Crippen molar-refractivity contribution in [3.05, 3.63) is 54.1 Å². The highest BCUT2D eigenvalue weighted by Gasteiger charge is 2.30. The van der Waals surface area contributed by atoms with Crippen LogP contribution in [0.5, 0.6) is 0 Å². The lowest BCUT2D eigenvalue weighted by Gasteiger charge is -2.19. The van der Waals surface area contributed by atoms with Crippen molar-refractivity contribution in [2.45, 2.75) is 18.2 Å². The average molecular weight is 361 g/mol. The fourth-order valence-electron chi connectivity index (χ4n) is 2.73. The summed E-state index contributed by atoms with van der Waals surface area (Å²) in [5.41, 5.74) is 2.59. The molecule has 0 spiro atoms. The maximum absolute atomic E-state index is 12.9. The molecule has 0 radical (unpaired) electrons. The first-order valence-electron chi connectivity index (χ1n) is 7.78. The Labute approximate surface area is 147 Å². The number of hydrogen-bond acceptors (Lipinski definition) is 3. The second-order valence-corrected chi connectivity index (χ2v) is 7.74. The van der Waals surface area contributed by atoms with Gasteiger partial charge in [0.1, 0.15) is 0 Å². The summed E-state index contributed by atoms with van der Waals surface area (Å²) in [7, 11) is -3.55. The summed E-state index contributed by atoms with van der Waals surface area (Å²) in [5.74, 6) is 0. The lowest BCUT2D eigenvalue weighted by Crippen LogP contribution is -2.29. The quantitative estimate of drug-likeness (QED) is 0.820. The van der Waals surface area contributed by atoms with Gasteiger partial charge < -0.3 is 10.6 Å². The van der Waals surface area contributed by atoms with Crippen molar-refractivity contribution in [1.82, 2.24) is 5.32 Å². The van der Waals surface area contributed by atoms with E-state index in [0.29, 0.717) is 11.7 Å². The summed E-state index contributed by atoms with van der Waals surface area (Å²) in [6.07, 6.45) is 0.742. The first-order valence-corrected chi connectivity index (χ1v) is 9.63. The molecule has 2 aromatic carbocycles. The zero-order valence-corrected chi connectivity index (χ0v) is 15.0. The molecule has 0 aliphatic carbocycles. The number of anilines is 2. The highest BCUT2D eigenvalue weighted by Crippen LogP contribution is 2.32. The molecule has 1 heterocycles. The second kappa shape index (κ2) is 6.78. The van der Waals surface area contributed by atoms with E-state index in [4.69, 9.17) is 12.2 Å². The van der Waals surface area contributed by atoms with Crippen LogP contribution in [0.1, 0.15) is 12.5 Å². The number of benzene rings is 2. The molecule has 0 fully saturated rings. The van der Waals surface area contributed by atoms with Gasteiger partial charge in [-0.15, -0.1) is 0 Å². The third-order valence-electron chi connectivity index (χ3n) is 3.88. The van der Waals surface area contributed by atoms with Gasteiger partial charge in [-0.05, 0) is 61.5 Å². The van der Waals surface area contributed by atoms with Gasteiger partial charge in [-0.3, -0.25) is 4.31 Å². The van der Waals surface area contributed by atoms with E-state index >= 15 is 0 Å². The Morgan fingerprint density at radius 1 is 1.17 bits per heavy atom. The minimum atomic E-state index is -3.55. The second-order valence-electron chi connectivity index (χ2n) is 5.46. The van der Waals surface area contributed by atoms with Crippen LogP contribution >= 0.6 is 12.2 Å². The standard InChI is InChI=1S/C17H19N3O2S2/c1-2-18-17(23)19-14-7-9-15(10-8-14)24(21,22)20-12-11-13-5-3-4-6-16(13)20/h3-10H,2,11-12H2,1H3,(H2,18,19,23). The molecule has 0 saturated heterocycles. The Balaban J connectivity index is 1.82. The molecule has 0 saturated carbocycles. The highest BCUT2D eigenvalue weighted by molar-refractivity contribution is 7.92. The first-order chi connectivity index (χ1) is 11.5. The number of fused-ring (bicyclic) bond motifs is 1. The first kappa shape index (κ1) is 16.7. The normalized spacial score (nSPS) is 13.5. The Kier molecular flexibility index (Phi) is 4.73. The Hall–Kier alpha value is -2.12. The third-order valence-corrected chi connectivity index (χ3v) is 5.96. The summed E-state index contributed by atoms with van der Waals surface area (Å²) in [6.45, 7) is 3.16. The lowest BCUT2D eigenvalue weighted by molar-refractivity contribution is 0.592. The van der Waals surface area contributed by atoms with E-state index in [9.17, 15) is 8.42 Å². The largest absolute Gasteiger partial charge is 0.363 e. The van der Waals surface area contributed by atoms with Crippen LogP contribution in [-0.2, 0) is 16.4 Å². The predicted octanol–water partition coefficient (Wildman–Crippen LogP) is 2.74. The maximum Gasteiger partial charge on any atom is 0.264 e. The van der Waals surface area contributed by atoms with Crippen LogP contribution in [0.15, 0.2) is 53.4 Å². The van der Waals surface area contributed by atoms with Crippen molar-refractivity contribution in [3.63, 3.8) is 0 Å². The molecule has 2 N–H and O–H groups in total. The molecule has 2 aromatic rings. The monoisotopic (exact) mass is 361 g/mol. The molecule has 126 valence electrons. The van der Waals surface area contributed by atoms with Gasteiger partial charge in [-0.1, -0.05) is 18.2 Å². The van der Waals surface area contributed by atoms with Crippen molar-refractivity contribution in [3.8, 4) is 0 Å². The average Bonchev–Trinajstić information content (AvgIpc) is 3.00. The molecular formula is C17H19N3O2S2. The molecular weight excluding hydrogens is 342 g/mol. The molecule has 0 aromatic heterocycles. The van der Waals surface area contributed by atoms with Crippen molar-refractivity contribution in [2.75, 3.05) is 22.7 Å². The molecule has 0 amide bonds. The van der Waals surface area contributed by atoms with Crippen LogP contribution in [0, 0.1) is 0 Å². The zero-order chi connectivity index (χ0) is 17.2. The third kappa shape index (κ3) is 3.22. The SMILES string of the molecule is CCNC(=S)Nc1ccc(S(=O)(=O)N2CCc3ccccc32)cc1. The minimum absolute atomic E-state index is 0.277. The van der Waals surface area contributed by atoms with Gasteiger partial charge in [0.05, 0.1) is 10.6 Å². The minimum Gasteiger partial charge on any atom is -0.363 e. The van der Waals surface area contributed by atoms with Gasteiger partial charge >= 0.3 is 0 Å². The van der Waals surface area contributed by atoms with Gasteiger partial charge in [-0.2, -0.15) is 0 Å². The topological polar surface area (TPSA) is 61.4 Å². The van der Waals surface area contributed by atoms with E-state index in [1.807, 2.05) is 31.2 Å². The number of nitrogens with one attached hydrogen (secondary N) is 2. The van der Waals surface area contributed by atoms with Crippen LogP contribution in [0.25, 0.3) is 0 Å². The molecule has 5 nitrogen and oxygen atoms in total. The molecule has 0 unspecified atom stereocenters. The van der Waals surface area contributed by atoms with E-state index < -0.39 is 10.0 Å². The molecule has 3 rings (SSSR count). The van der Waals surface area contributed by atoms with Crippen LogP contribution in [0.3, 0.4) is 0 Å². The zero-order valence-electron chi connectivity index (χ0n) is 13.3. The summed E-state index contributed by atoms with van der Waals surface area (Å²) < 4.78 is 27.3. The molecule has 24 heavy (non-hydrogen) atoms. The number of hydrogen-bond donors (Lipinski definition) is 2. The van der Waals surface area contributed by atoms with Crippen molar-refractivity contribution >= 4 is 38.7 Å². The Morgan fingerprint density at radius 3 is 2.58 bits per heavy atom. The number of para-hydroxylation sites is 1. The molecule has 1 aliphatic heterocycles. The van der Waals surface area contributed by atoms with Crippen LogP contribution in [0.4, 0.5) is 11.4 Å². The van der Waals surface area contributed by atoms with Gasteiger partial charge in [-0.25, -0.2) is 8.42 Å². The van der Waals surface area contributed by atoms with Gasteiger partial charge in [0.2, 0.25) is 0 Å². The maximum atomic E-state index is 12.9. The highest BCUT2D eigenvalue weighted by atomic mass is 32.2. The smallest absolute Gasteiger partial charge is 0.264 e. The number of sulfonamides is 1. The van der Waals surface area contributed by atoms with Gasteiger partial charge in [0.15, 0.2) is 5.11 Å². The molecule has 7 heteroatoms. The van der Waals surface area contributed by atoms with Crippen LogP contribution < -0.4 is 14.9 Å². The summed E-state index contributed by atoms with van der Waals surface area (Å²) in [4.78, 5) is 0.277. The number of nitrogens with zero attached hydrogens (tertiary/aromatic N) is 1. The van der Waals surface area contributed by atoms with E-state index in [0.717, 1.165) is 29.9 Å². The number of rotatable bonds is 4. The van der Waals surface area contributed by atoms with E-state index in [-0.39, 0.29) is 4.90 Å². The van der Waals surface area contributed by atoms with E-state index in [2.05, 4.69) is 10.6 Å². The van der Waals surface area contributed by atoms with Gasteiger partial charge in [0, 0.05) is 18.8 Å². The molecule has 1 aliphatic rings. The van der Waals surface area contributed by atoms with E-state index in [1.165, 1.54) is 4.31 Å². The van der Waals surface area contributed by atoms with E-state index in [1.54, 1.807) is 24.3 Å². The number of thiocarbonyl (C=S) groups is 1. The summed E-state index contributed by atoms with van der Waals surface area (Å²) >= 11 is 5.12. The Morgan fingerprint density at radius 2 is 1.88 bits per heavy atom. The fourth-order valence-corrected chi connectivity index (χ4v) is 4.50. The fraction of sp³-hybridized carbons (Fsp3) is 0.235. The van der Waals surface area contributed by atoms with Crippen LogP contribution in [0.2, 0.25) is 0 Å². The summed E-state index contributed by atoms with van der Waals surface area (Å²) in [6, 6.07) is 14.3. The van der Waals surface area contributed by atoms with Crippen molar-refractivity contribution in [2.24, 2.45) is 0 Å². The lowest BCUT2D eigenvalue weighted by atomic mass is 10.2. The molecule has 0 bridgehead atoms. The summed E-state index contributed by atoms with van der Waals surface area (Å²) in [5, 5.41) is 6.52. The molecule has 0 atom stereocenters. The van der Waals surface area contributed by atoms with Crippen LogP contribution in [-0.4, -0.2) is 26.6 Å². The van der Waals surface area contributed by atoms with Crippen molar-refractivity contribution < 1.29 is 8.42 Å². The predicted molar refractivity (Wildman–Crippen MR) is 101 cm³/mol. The van der Waals surface area contributed by atoms with Crippen molar-refractivity contribution in [1.29, 1.82) is 0 Å². The van der Waals surface area contributed by atoms with Gasteiger partial charge in [0.25, 0.3) is 10.0 Å². The Bertz CT molecular complexity index is 848.